The molecule has 1 aromatic rings. The van der Waals surface area contributed by atoms with E-state index >= 15 is 0 Å². The van der Waals surface area contributed by atoms with Crippen LogP contribution in [0, 0.1) is 6.92 Å². The van der Waals surface area contributed by atoms with Crippen LogP contribution < -0.4 is 5.32 Å². The summed E-state index contributed by atoms with van der Waals surface area (Å²) < 4.78 is 0. The van der Waals surface area contributed by atoms with Crippen LogP contribution in [0.1, 0.15) is 31.5 Å². The molecule has 1 aliphatic rings. The highest BCUT2D eigenvalue weighted by Gasteiger charge is 2.29. The van der Waals surface area contributed by atoms with E-state index in [4.69, 9.17) is 0 Å². The largest absolute Gasteiger partial charge is 0.309 e. The summed E-state index contributed by atoms with van der Waals surface area (Å²) in [6.07, 6.45) is 1.08. The van der Waals surface area contributed by atoms with Crippen LogP contribution in [-0.4, -0.2) is 41.1 Å². The van der Waals surface area contributed by atoms with Crippen LogP contribution in [0.15, 0.2) is 5.38 Å². The minimum Gasteiger partial charge on any atom is -0.309 e. The maximum absolute atomic E-state index is 4.53. The first-order valence-electron chi connectivity index (χ1n) is 6.36. The van der Waals surface area contributed by atoms with Crippen LogP contribution >= 0.6 is 11.3 Å². The van der Waals surface area contributed by atoms with Gasteiger partial charge in [-0.2, -0.15) is 0 Å². The Hall–Kier alpha value is -0.450. The van der Waals surface area contributed by atoms with E-state index < -0.39 is 0 Å². The van der Waals surface area contributed by atoms with Crippen molar-refractivity contribution in [3.63, 3.8) is 0 Å². The van der Waals surface area contributed by atoms with Gasteiger partial charge in [0.2, 0.25) is 0 Å². The summed E-state index contributed by atoms with van der Waals surface area (Å²) in [4.78, 5) is 7.11. The number of hydrogen-bond acceptors (Lipinski definition) is 4. The minimum atomic E-state index is 0.241. The molecule has 1 unspecified atom stereocenters. The first-order valence-corrected chi connectivity index (χ1v) is 7.24. The van der Waals surface area contributed by atoms with Crippen LogP contribution in [-0.2, 0) is 6.42 Å². The highest BCUT2D eigenvalue weighted by molar-refractivity contribution is 7.09. The Morgan fingerprint density at radius 2 is 2.35 bits per heavy atom. The zero-order chi connectivity index (χ0) is 12.5. The molecule has 1 N–H and O–H groups in total. The topological polar surface area (TPSA) is 28.2 Å². The Kier molecular flexibility index (Phi) is 3.85. The van der Waals surface area contributed by atoms with Gasteiger partial charge in [0, 0.05) is 48.7 Å². The predicted molar refractivity (Wildman–Crippen MR) is 73.7 cm³/mol. The molecule has 0 spiro atoms. The van der Waals surface area contributed by atoms with Gasteiger partial charge in [-0.05, 0) is 27.7 Å². The third-order valence-corrected chi connectivity index (χ3v) is 4.40. The molecule has 2 rings (SSSR count). The monoisotopic (exact) mass is 253 g/mol. The average Bonchev–Trinajstić information content (AvgIpc) is 2.66. The van der Waals surface area contributed by atoms with Crippen molar-refractivity contribution in [2.45, 2.75) is 45.7 Å². The second-order valence-electron chi connectivity index (χ2n) is 5.72. The molecule has 17 heavy (non-hydrogen) atoms. The molecular weight excluding hydrogens is 230 g/mol. The predicted octanol–water partition coefficient (Wildman–Crippen LogP) is 2.07. The van der Waals surface area contributed by atoms with E-state index in [1.54, 1.807) is 11.3 Å². The lowest BCUT2D eigenvalue weighted by molar-refractivity contribution is 0.106. The molecule has 0 aromatic carbocycles. The van der Waals surface area contributed by atoms with Gasteiger partial charge in [0.05, 0.1) is 5.01 Å². The molecule has 3 nitrogen and oxygen atoms in total. The molecule has 1 atom stereocenters. The molecular formula is C13H23N3S. The Morgan fingerprint density at radius 3 is 3.00 bits per heavy atom. The van der Waals surface area contributed by atoms with E-state index in [9.17, 15) is 0 Å². The van der Waals surface area contributed by atoms with Crippen LogP contribution in [0.3, 0.4) is 0 Å². The number of nitrogens with zero attached hydrogens (tertiary/aromatic N) is 2. The van der Waals surface area contributed by atoms with Crippen molar-refractivity contribution in [1.82, 2.24) is 15.2 Å². The van der Waals surface area contributed by atoms with E-state index in [0.717, 1.165) is 31.7 Å². The zero-order valence-corrected chi connectivity index (χ0v) is 12.1. The fourth-order valence-electron chi connectivity index (χ4n) is 2.33. The number of piperazine rings is 1. The maximum atomic E-state index is 4.53. The van der Waals surface area contributed by atoms with Crippen LogP contribution in [0.4, 0.5) is 0 Å². The molecule has 0 bridgehead atoms. The van der Waals surface area contributed by atoms with Gasteiger partial charge in [-0.15, -0.1) is 11.3 Å². The van der Waals surface area contributed by atoms with Gasteiger partial charge >= 0.3 is 0 Å². The summed E-state index contributed by atoms with van der Waals surface area (Å²) >= 11 is 1.79. The molecule has 2 heterocycles. The molecule has 1 fully saturated rings. The number of rotatable bonds is 3. The van der Waals surface area contributed by atoms with Gasteiger partial charge in [-0.25, -0.2) is 4.98 Å². The van der Waals surface area contributed by atoms with Crippen LogP contribution in [0.5, 0.6) is 0 Å². The van der Waals surface area contributed by atoms with Gasteiger partial charge in [-0.3, -0.25) is 4.90 Å². The van der Waals surface area contributed by atoms with Crippen molar-refractivity contribution in [1.29, 1.82) is 0 Å². The second kappa shape index (κ2) is 5.04. The van der Waals surface area contributed by atoms with E-state index in [1.807, 2.05) is 0 Å². The van der Waals surface area contributed by atoms with Crippen molar-refractivity contribution in [3.05, 3.63) is 16.1 Å². The summed E-state index contributed by atoms with van der Waals surface area (Å²) in [5.74, 6) is 0. The highest BCUT2D eigenvalue weighted by atomic mass is 32.1. The highest BCUT2D eigenvalue weighted by Crippen LogP contribution is 2.16. The van der Waals surface area contributed by atoms with Gasteiger partial charge < -0.3 is 5.32 Å². The summed E-state index contributed by atoms with van der Waals surface area (Å²) in [7, 11) is 0. The molecule has 0 aliphatic carbocycles. The molecule has 96 valence electrons. The molecule has 0 amide bonds. The van der Waals surface area contributed by atoms with Gasteiger partial charge in [0.25, 0.3) is 0 Å². The normalized spacial score (nSPS) is 25.1. The van der Waals surface area contributed by atoms with Crippen molar-refractivity contribution in [2.75, 3.05) is 19.6 Å². The van der Waals surface area contributed by atoms with E-state index in [-0.39, 0.29) is 5.54 Å². The fraction of sp³-hybridized carbons (Fsp3) is 0.769. The molecule has 0 saturated carbocycles. The van der Waals surface area contributed by atoms with Crippen molar-refractivity contribution >= 4 is 11.3 Å². The van der Waals surface area contributed by atoms with E-state index in [2.05, 4.69) is 48.3 Å². The second-order valence-corrected chi connectivity index (χ2v) is 6.66. The quantitative estimate of drug-likeness (QED) is 0.894. The number of aromatic nitrogens is 1. The fourth-order valence-corrected chi connectivity index (χ4v) is 3.09. The van der Waals surface area contributed by atoms with Crippen molar-refractivity contribution in [3.8, 4) is 0 Å². The first-order chi connectivity index (χ1) is 7.96. The number of thiazole rings is 1. The summed E-state index contributed by atoms with van der Waals surface area (Å²) in [5.41, 5.74) is 1.39. The van der Waals surface area contributed by atoms with Crippen LogP contribution in [0.25, 0.3) is 0 Å². The third kappa shape index (κ3) is 3.50. The lowest BCUT2D eigenvalue weighted by atomic mass is 9.99. The zero-order valence-electron chi connectivity index (χ0n) is 11.3. The minimum absolute atomic E-state index is 0.241. The number of nitrogens with one attached hydrogen (secondary N) is 1. The van der Waals surface area contributed by atoms with E-state index in [1.165, 1.54) is 5.01 Å². The van der Waals surface area contributed by atoms with Crippen molar-refractivity contribution in [2.24, 2.45) is 0 Å². The summed E-state index contributed by atoms with van der Waals surface area (Å²) in [6, 6.07) is 0.629. The number of hydrogen-bond donors (Lipinski definition) is 1. The average molecular weight is 253 g/mol. The third-order valence-electron chi connectivity index (χ3n) is 3.38. The van der Waals surface area contributed by atoms with Gasteiger partial charge in [0.1, 0.15) is 0 Å². The van der Waals surface area contributed by atoms with Gasteiger partial charge in [-0.1, -0.05) is 0 Å². The molecule has 1 aromatic heterocycles. The maximum Gasteiger partial charge on any atom is 0.0940 e. The smallest absolute Gasteiger partial charge is 0.0940 e. The molecule has 1 saturated heterocycles. The lowest BCUT2D eigenvalue weighted by Crippen LogP contribution is -2.60. The Labute approximate surface area is 108 Å². The molecule has 0 radical (unpaired) electrons. The van der Waals surface area contributed by atoms with Crippen LogP contribution in [0.2, 0.25) is 0 Å². The van der Waals surface area contributed by atoms with Crippen molar-refractivity contribution < 1.29 is 0 Å². The summed E-state index contributed by atoms with van der Waals surface area (Å²) in [6.45, 7) is 12.3. The standard InChI is InChI=1S/C13H23N3S/c1-10-8-17-12(15-10)5-6-16-9-13(3,4)14-7-11(16)2/h8,11,14H,5-7,9H2,1-4H3. The Balaban J connectivity index is 1.89. The summed E-state index contributed by atoms with van der Waals surface area (Å²) in [5, 5.41) is 6.99. The number of aryl methyl sites for hydroxylation is 1. The SMILES string of the molecule is Cc1csc(CCN2CC(C)(C)NCC2C)n1. The Bertz CT molecular complexity index is 372. The van der Waals surface area contributed by atoms with E-state index in [0.29, 0.717) is 6.04 Å². The lowest BCUT2D eigenvalue weighted by Gasteiger charge is -2.43. The molecule has 4 heteroatoms. The molecule has 1 aliphatic heterocycles. The Morgan fingerprint density at radius 1 is 1.59 bits per heavy atom. The van der Waals surface area contributed by atoms with Gasteiger partial charge in [0.15, 0.2) is 0 Å². The first kappa shape index (κ1) is 13.0.